The van der Waals surface area contributed by atoms with Gasteiger partial charge in [0.15, 0.2) is 0 Å². The number of nitrogens with zero attached hydrogens (tertiary/aromatic N) is 3. The van der Waals surface area contributed by atoms with Crippen LogP contribution in [0.5, 0.6) is 0 Å². The van der Waals surface area contributed by atoms with Crippen LogP contribution in [0.1, 0.15) is 39.5 Å². The highest BCUT2D eigenvalue weighted by Crippen LogP contribution is 2.44. The van der Waals surface area contributed by atoms with Gasteiger partial charge in [0.05, 0.1) is 30.4 Å². The van der Waals surface area contributed by atoms with Crippen molar-refractivity contribution in [2.75, 3.05) is 19.7 Å². The van der Waals surface area contributed by atoms with Gasteiger partial charge in [0.1, 0.15) is 6.61 Å². The zero-order valence-corrected chi connectivity index (χ0v) is 19.3. The van der Waals surface area contributed by atoms with Gasteiger partial charge in [-0.25, -0.2) is 4.79 Å². The van der Waals surface area contributed by atoms with Crippen molar-refractivity contribution in [1.82, 2.24) is 20.0 Å². The molecule has 0 radical (unpaired) electrons. The van der Waals surface area contributed by atoms with Gasteiger partial charge in [0.2, 0.25) is 0 Å². The van der Waals surface area contributed by atoms with Crippen molar-refractivity contribution < 1.29 is 24.2 Å². The molecule has 0 atom stereocenters. The van der Waals surface area contributed by atoms with E-state index in [-0.39, 0.29) is 37.3 Å². The first kappa shape index (κ1) is 22.6. The van der Waals surface area contributed by atoms with Crippen molar-refractivity contribution in [2.45, 2.75) is 18.9 Å². The molecule has 9 heteroatoms. The van der Waals surface area contributed by atoms with E-state index in [0.717, 1.165) is 22.3 Å². The summed E-state index contributed by atoms with van der Waals surface area (Å²) in [4.78, 5) is 37.8. The second kappa shape index (κ2) is 9.25. The van der Waals surface area contributed by atoms with Crippen LogP contribution >= 0.6 is 0 Å². The number of benzene rings is 2. The van der Waals surface area contributed by atoms with Crippen molar-refractivity contribution in [3.63, 3.8) is 0 Å². The van der Waals surface area contributed by atoms with Crippen LogP contribution in [0.25, 0.3) is 11.1 Å². The Hall–Kier alpha value is -4.14. The van der Waals surface area contributed by atoms with Crippen LogP contribution in [-0.4, -0.2) is 57.5 Å². The molecule has 0 spiro atoms. The number of aromatic nitrogens is 2. The molecule has 2 aliphatic rings. The van der Waals surface area contributed by atoms with Crippen molar-refractivity contribution in [3.8, 4) is 11.1 Å². The van der Waals surface area contributed by atoms with Crippen LogP contribution in [-0.2, 0) is 23.1 Å². The summed E-state index contributed by atoms with van der Waals surface area (Å²) in [5, 5.41) is 15.8. The van der Waals surface area contributed by atoms with Crippen molar-refractivity contribution in [1.29, 1.82) is 0 Å². The maximum atomic E-state index is 12.9. The Labute approximate surface area is 202 Å². The normalized spacial score (nSPS) is 14.7. The maximum Gasteiger partial charge on any atom is 0.407 e. The molecule has 2 N–H and O–H groups in total. The molecule has 1 aromatic heterocycles. The Bertz CT molecular complexity index is 1250. The molecule has 2 amide bonds. The summed E-state index contributed by atoms with van der Waals surface area (Å²) in [5.41, 5.74) is 5.54. The molecule has 0 bridgehead atoms. The molecule has 180 valence electrons. The van der Waals surface area contributed by atoms with E-state index in [9.17, 15) is 14.4 Å². The van der Waals surface area contributed by atoms with Crippen LogP contribution in [0.4, 0.5) is 4.79 Å². The largest absolute Gasteiger partial charge is 0.481 e. The third kappa shape index (κ3) is 4.37. The van der Waals surface area contributed by atoms with E-state index >= 15 is 0 Å². The number of amides is 2. The molecule has 2 heterocycles. The Morgan fingerprint density at radius 3 is 2.31 bits per heavy atom. The number of aliphatic carboxylic acids is 1. The fourth-order valence-corrected chi connectivity index (χ4v) is 4.94. The number of rotatable bonds is 7. The van der Waals surface area contributed by atoms with E-state index in [1.165, 1.54) is 6.20 Å². The Kier molecular flexibility index (Phi) is 5.98. The molecule has 5 rings (SSSR count). The predicted molar refractivity (Wildman–Crippen MR) is 127 cm³/mol. The first-order valence-electron chi connectivity index (χ1n) is 11.5. The number of nitrogens with one attached hydrogen (secondary N) is 1. The average molecular weight is 475 g/mol. The second-order valence-electron chi connectivity index (χ2n) is 8.98. The van der Waals surface area contributed by atoms with Gasteiger partial charge in [-0.3, -0.25) is 14.3 Å². The van der Waals surface area contributed by atoms with Crippen LogP contribution in [0, 0.1) is 5.92 Å². The molecule has 35 heavy (non-hydrogen) atoms. The third-order valence-corrected chi connectivity index (χ3v) is 6.74. The van der Waals surface area contributed by atoms with Crippen LogP contribution < -0.4 is 5.32 Å². The standard InChI is InChI=1S/C26H26N4O5/c1-29-23(21(11-28-29)25(33)30-13-16(14-30)10-24(31)32)12-27-26(34)35-15-22-19-8-4-2-6-17(19)18-7-3-5-9-20(18)22/h2-9,11,16,22H,10,12-15H2,1H3,(H,27,34)(H,31,32). The van der Waals surface area contributed by atoms with E-state index in [4.69, 9.17) is 9.84 Å². The lowest BCUT2D eigenvalue weighted by atomic mass is 9.95. The summed E-state index contributed by atoms with van der Waals surface area (Å²) in [6, 6.07) is 16.3. The number of carboxylic acid groups (broad SMARTS) is 1. The average Bonchev–Trinajstić information content (AvgIpc) is 3.35. The summed E-state index contributed by atoms with van der Waals surface area (Å²) in [5.74, 6) is -1.15. The molecule has 9 nitrogen and oxygen atoms in total. The summed E-state index contributed by atoms with van der Waals surface area (Å²) in [6.07, 6.45) is 0.950. The Morgan fingerprint density at radius 1 is 1.06 bits per heavy atom. The first-order valence-corrected chi connectivity index (χ1v) is 11.5. The van der Waals surface area contributed by atoms with Crippen LogP contribution in [0.2, 0.25) is 0 Å². The number of fused-ring (bicyclic) bond motifs is 3. The van der Waals surface area contributed by atoms with Gasteiger partial charge in [0.25, 0.3) is 5.91 Å². The highest BCUT2D eigenvalue weighted by Gasteiger charge is 2.34. The smallest absolute Gasteiger partial charge is 0.407 e. The summed E-state index contributed by atoms with van der Waals surface area (Å²) < 4.78 is 7.13. The highest BCUT2D eigenvalue weighted by atomic mass is 16.5. The number of likely N-dealkylation sites (tertiary alicyclic amines) is 1. The number of aryl methyl sites for hydroxylation is 1. The quantitative estimate of drug-likeness (QED) is 0.544. The number of carbonyl (C=O) groups excluding carboxylic acids is 2. The monoisotopic (exact) mass is 474 g/mol. The number of alkyl carbamates (subject to hydrolysis) is 1. The molecule has 3 aromatic rings. The minimum absolute atomic E-state index is 0.0319. The van der Waals surface area contributed by atoms with E-state index in [1.807, 2.05) is 24.3 Å². The SMILES string of the molecule is Cn1ncc(C(=O)N2CC(CC(=O)O)C2)c1CNC(=O)OCC1c2ccccc2-c2ccccc21. The number of carboxylic acids is 1. The van der Waals surface area contributed by atoms with Crippen LogP contribution in [0.15, 0.2) is 54.7 Å². The highest BCUT2D eigenvalue weighted by molar-refractivity contribution is 5.95. The van der Waals surface area contributed by atoms with Gasteiger partial charge in [-0.05, 0) is 22.3 Å². The fourth-order valence-electron chi connectivity index (χ4n) is 4.94. The molecule has 1 aliphatic heterocycles. The molecule has 0 unspecified atom stereocenters. The molecule has 1 fully saturated rings. The topological polar surface area (TPSA) is 114 Å². The summed E-state index contributed by atoms with van der Waals surface area (Å²) in [7, 11) is 1.70. The Morgan fingerprint density at radius 2 is 1.69 bits per heavy atom. The van der Waals surface area contributed by atoms with E-state index in [0.29, 0.717) is 24.3 Å². The summed E-state index contributed by atoms with van der Waals surface area (Å²) in [6.45, 7) is 1.09. The van der Waals surface area contributed by atoms with E-state index in [2.05, 4.69) is 34.7 Å². The van der Waals surface area contributed by atoms with Crippen LogP contribution in [0.3, 0.4) is 0 Å². The zero-order chi connectivity index (χ0) is 24.5. The number of hydrogen-bond donors (Lipinski definition) is 2. The molecule has 1 saturated heterocycles. The van der Waals surface area contributed by atoms with Crippen molar-refractivity contribution in [3.05, 3.63) is 77.1 Å². The van der Waals surface area contributed by atoms with E-state index in [1.54, 1.807) is 16.6 Å². The minimum atomic E-state index is -0.864. The predicted octanol–water partition coefficient (Wildman–Crippen LogP) is 3.01. The molecule has 1 aliphatic carbocycles. The lowest BCUT2D eigenvalue weighted by Crippen LogP contribution is -2.50. The fraction of sp³-hybridized carbons (Fsp3) is 0.308. The number of hydrogen-bond acceptors (Lipinski definition) is 5. The number of ether oxygens (including phenoxy) is 1. The van der Waals surface area contributed by atoms with Gasteiger partial charge in [-0.2, -0.15) is 5.10 Å². The van der Waals surface area contributed by atoms with Gasteiger partial charge in [-0.1, -0.05) is 48.5 Å². The van der Waals surface area contributed by atoms with Gasteiger partial charge < -0.3 is 20.1 Å². The minimum Gasteiger partial charge on any atom is -0.481 e. The van der Waals surface area contributed by atoms with Gasteiger partial charge in [-0.15, -0.1) is 0 Å². The third-order valence-electron chi connectivity index (χ3n) is 6.74. The lowest BCUT2D eigenvalue weighted by molar-refractivity contribution is -0.139. The zero-order valence-electron chi connectivity index (χ0n) is 19.3. The van der Waals surface area contributed by atoms with Gasteiger partial charge in [0, 0.05) is 32.0 Å². The van der Waals surface area contributed by atoms with Crippen molar-refractivity contribution in [2.24, 2.45) is 13.0 Å². The maximum absolute atomic E-state index is 12.9. The molecule has 2 aromatic carbocycles. The van der Waals surface area contributed by atoms with E-state index < -0.39 is 12.1 Å². The molecule has 0 saturated carbocycles. The molecular weight excluding hydrogens is 448 g/mol. The van der Waals surface area contributed by atoms with Gasteiger partial charge >= 0.3 is 12.1 Å². The molecular formula is C26H26N4O5. The van der Waals surface area contributed by atoms with Crippen molar-refractivity contribution >= 4 is 18.0 Å². The number of carbonyl (C=O) groups is 3. The summed E-state index contributed by atoms with van der Waals surface area (Å²) >= 11 is 0. The Balaban J connectivity index is 1.19. The lowest BCUT2D eigenvalue weighted by Gasteiger charge is -2.38. The first-order chi connectivity index (χ1) is 16.9. The second-order valence-corrected chi connectivity index (χ2v) is 8.98.